The molecule has 52 heavy (non-hydrogen) atoms. The molecule has 0 heterocycles. The first-order valence-electron chi connectivity index (χ1n) is 18.2. The molecule has 8 rings (SSSR count). The van der Waals surface area contributed by atoms with Crippen LogP contribution in [-0.4, -0.2) is 14.0 Å². The van der Waals surface area contributed by atoms with Crippen molar-refractivity contribution in [2.45, 2.75) is 14.8 Å². The summed E-state index contributed by atoms with van der Waals surface area (Å²) in [5, 5.41) is 16.3. The Labute approximate surface area is 312 Å². The van der Waals surface area contributed by atoms with E-state index in [1.54, 1.807) is 0 Å². The first kappa shape index (κ1) is 33.7. The van der Waals surface area contributed by atoms with E-state index in [1.807, 2.05) is 0 Å². The Morgan fingerprint density at radius 3 is 1.44 bits per heavy atom. The van der Waals surface area contributed by atoms with Gasteiger partial charge in [0.25, 0.3) is 0 Å². The van der Waals surface area contributed by atoms with Gasteiger partial charge < -0.3 is 0 Å². The Morgan fingerprint density at radius 2 is 0.923 bits per heavy atom. The van der Waals surface area contributed by atoms with Crippen LogP contribution >= 0.6 is 0 Å². The zero-order valence-electron chi connectivity index (χ0n) is 29.2. The van der Waals surface area contributed by atoms with Gasteiger partial charge in [-0.15, -0.1) is 0 Å². The maximum atomic E-state index is 4.96. The van der Waals surface area contributed by atoms with Crippen LogP contribution in [0.2, 0.25) is 0 Å². The fraction of sp³-hybridized carbons (Fsp3) is 0.106. The summed E-state index contributed by atoms with van der Waals surface area (Å²) in [5.74, 6) is 0. The molecule has 0 fully saturated rings. The van der Waals surface area contributed by atoms with Crippen molar-refractivity contribution in [3.63, 3.8) is 0 Å². The normalized spacial score (nSPS) is 17.6. The molecule has 0 saturated heterocycles. The molecule has 5 heteroatoms. The zero-order valence-corrected chi connectivity index (χ0v) is 31.7. The second kappa shape index (κ2) is 15.5. The molecule has 4 N–H and O–H groups in total. The molecular formula is C47H44N4Zr. The third kappa shape index (κ3) is 6.82. The van der Waals surface area contributed by atoms with Crippen molar-refractivity contribution < 1.29 is 20.3 Å². The molecule has 0 bridgehead atoms. The van der Waals surface area contributed by atoms with Crippen LogP contribution in [0.1, 0.15) is 29.5 Å². The predicted octanol–water partition coefficient (Wildman–Crippen LogP) is 11.3. The molecule has 0 spiro atoms. The number of hydrogen-bond acceptors (Lipinski definition) is 4. The van der Waals surface area contributed by atoms with Gasteiger partial charge in [0, 0.05) is 0 Å². The summed E-state index contributed by atoms with van der Waals surface area (Å²) in [5.41, 5.74) is 10.8. The van der Waals surface area contributed by atoms with E-state index >= 15 is 0 Å². The fourth-order valence-electron chi connectivity index (χ4n) is 8.42. The van der Waals surface area contributed by atoms with E-state index in [1.165, 1.54) is 22.3 Å². The first-order chi connectivity index (χ1) is 25.7. The maximum absolute atomic E-state index is 4.96. The summed E-state index contributed by atoms with van der Waals surface area (Å²) in [6.07, 6.45) is 9.81. The molecule has 6 aromatic carbocycles. The Kier molecular flexibility index (Phi) is 10.0. The molecule has 0 saturated carbocycles. The van der Waals surface area contributed by atoms with Gasteiger partial charge in [-0.05, 0) is 0 Å². The van der Waals surface area contributed by atoms with Crippen molar-refractivity contribution in [1.29, 1.82) is 0 Å². The quantitative estimate of drug-likeness (QED) is 0.0894. The summed E-state index contributed by atoms with van der Waals surface area (Å²) >= 11 is -4.30. The molecule has 0 aromatic heterocycles. The van der Waals surface area contributed by atoms with E-state index in [0.29, 0.717) is 0 Å². The second-order valence-electron chi connectivity index (χ2n) is 13.7. The van der Waals surface area contributed by atoms with Gasteiger partial charge in [0.05, 0.1) is 0 Å². The van der Waals surface area contributed by atoms with Crippen molar-refractivity contribution >= 4 is 34.9 Å². The number of allylic oxidation sites excluding steroid dienone is 2. The Bertz CT molecular complexity index is 2100. The van der Waals surface area contributed by atoms with Crippen LogP contribution in [0.3, 0.4) is 0 Å². The van der Waals surface area contributed by atoms with Gasteiger partial charge in [-0.2, -0.15) is 0 Å². The minimum absolute atomic E-state index is 0.0639. The van der Waals surface area contributed by atoms with E-state index in [4.69, 9.17) is 6.58 Å². The van der Waals surface area contributed by atoms with Gasteiger partial charge in [0.2, 0.25) is 0 Å². The van der Waals surface area contributed by atoms with Gasteiger partial charge >= 0.3 is 314 Å². The van der Waals surface area contributed by atoms with E-state index in [0.717, 1.165) is 35.0 Å². The number of fused-ring (bicyclic) bond motifs is 2. The average molecular weight is 756 g/mol. The number of para-hydroxylation sites is 4. The number of hydrogen-bond donors (Lipinski definition) is 4. The summed E-state index contributed by atoms with van der Waals surface area (Å²) < 4.78 is 0.368. The van der Waals surface area contributed by atoms with Crippen LogP contribution in [0.15, 0.2) is 194 Å². The van der Waals surface area contributed by atoms with Gasteiger partial charge in [0.1, 0.15) is 0 Å². The number of rotatable bonds is 14. The fourth-order valence-corrected chi connectivity index (χ4v) is 25.1. The van der Waals surface area contributed by atoms with Crippen molar-refractivity contribution in [2.24, 2.45) is 0 Å². The van der Waals surface area contributed by atoms with Crippen LogP contribution in [-0.2, 0) is 20.3 Å². The average Bonchev–Trinajstić information content (AvgIpc) is 3.84. The van der Waals surface area contributed by atoms with Crippen molar-refractivity contribution in [3.8, 4) is 0 Å². The SMILES string of the molecule is C=C(Nc1ccccc1)[CH](Nc1ccccc1)[Zr]([CH](CNc1ccccc1)Nc1ccccc1)([CH]1C=Cc2ccccc21)[CH]1C=Cc2ccccc21. The predicted molar refractivity (Wildman–Crippen MR) is 218 cm³/mol. The van der Waals surface area contributed by atoms with Gasteiger partial charge in [-0.25, -0.2) is 0 Å². The molecule has 0 amide bonds. The summed E-state index contributed by atoms with van der Waals surface area (Å²) in [7, 11) is 0. The molecule has 4 nitrogen and oxygen atoms in total. The van der Waals surface area contributed by atoms with Gasteiger partial charge in [0.15, 0.2) is 0 Å². The summed E-state index contributed by atoms with van der Waals surface area (Å²) in [4.78, 5) is 0. The van der Waals surface area contributed by atoms with Crippen LogP contribution in [0, 0.1) is 0 Å². The topological polar surface area (TPSA) is 48.1 Å². The van der Waals surface area contributed by atoms with E-state index in [-0.39, 0.29) is 14.8 Å². The molecule has 4 atom stereocenters. The molecule has 256 valence electrons. The third-order valence-electron chi connectivity index (χ3n) is 10.7. The molecule has 0 aliphatic heterocycles. The Morgan fingerprint density at radius 1 is 0.500 bits per heavy atom. The minimum atomic E-state index is -4.30. The number of nitrogens with one attached hydrogen (secondary N) is 4. The van der Waals surface area contributed by atoms with Crippen molar-refractivity contribution in [3.05, 3.63) is 217 Å². The van der Waals surface area contributed by atoms with E-state index in [2.05, 4.69) is 215 Å². The first-order valence-corrected chi connectivity index (χ1v) is 23.8. The standard InChI is InChI=1S/C15H15N2.C14H15N2.2C9H7.Zr/c1-13(17-15-10-6-3-7-11-15)12-16-14-8-4-2-5-9-14;1-3-7-13(8-4-1)15-11-12-16-14-9-5-2-6-10-14;2*1-2-5-9-7-3-6-8(9)4-1;/h2-12,16-17H,1H2;1-11,15-16H,12H2;2*1-7H;. The molecule has 2 aliphatic rings. The van der Waals surface area contributed by atoms with Crippen LogP contribution < -0.4 is 21.3 Å². The Hall–Kier alpha value is -5.38. The Balaban J connectivity index is 1.41. The molecule has 0 radical (unpaired) electrons. The molecule has 6 aromatic rings. The van der Waals surface area contributed by atoms with Gasteiger partial charge in [-0.1, -0.05) is 0 Å². The second-order valence-corrected chi connectivity index (χ2v) is 24.8. The molecular weight excluding hydrogens is 712 g/mol. The van der Waals surface area contributed by atoms with Crippen LogP contribution in [0.5, 0.6) is 0 Å². The summed E-state index contributed by atoms with van der Waals surface area (Å²) in [6.45, 7) is 5.69. The van der Waals surface area contributed by atoms with Crippen molar-refractivity contribution in [1.82, 2.24) is 0 Å². The molecule has 2 aliphatic carbocycles. The molecule has 4 unspecified atom stereocenters. The number of benzene rings is 6. The zero-order chi connectivity index (χ0) is 35.2. The monoisotopic (exact) mass is 754 g/mol. The van der Waals surface area contributed by atoms with E-state index in [9.17, 15) is 0 Å². The third-order valence-corrected chi connectivity index (χ3v) is 26.0. The van der Waals surface area contributed by atoms with Crippen LogP contribution in [0.25, 0.3) is 12.2 Å². The summed E-state index contributed by atoms with van der Waals surface area (Å²) in [6, 6.07) is 60.7. The van der Waals surface area contributed by atoms with E-state index < -0.39 is 20.3 Å². The van der Waals surface area contributed by atoms with Crippen molar-refractivity contribution in [2.75, 3.05) is 27.8 Å². The van der Waals surface area contributed by atoms with Crippen LogP contribution in [0.4, 0.5) is 22.7 Å². The van der Waals surface area contributed by atoms with Gasteiger partial charge in [-0.3, -0.25) is 0 Å². The number of anilines is 4.